The van der Waals surface area contributed by atoms with Crippen LogP contribution < -0.4 is 4.90 Å². The number of nitrogens with zero attached hydrogens (tertiary/aromatic N) is 1. The smallest absolute Gasteiger partial charge is 0.0713 e. The van der Waals surface area contributed by atoms with Crippen molar-refractivity contribution in [3.05, 3.63) is 320 Å². The van der Waals surface area contributed by atoms with Crippen molar-refractivity contribution in [2.75, 3.05) is 4.90 Å². The first-order valence-electron chi connectivity index (χ1n) is 24.9. The fraction of sp³-hybridized carbons (Fsp3) is 0.0141. The molecular formula is C71H49N. The van der Waals surface area contributed by atoms with Crippen molar-refractivity contribution in [2.45, 2.75) is 5.41 Å². The molecule has 338 valence electrons. The molecule has 0 aromatic heterocycles. The summed E-state index contributed by atoms with van der Waals surface area (Å²) in [5.74, 6) is 0. The minimum atomic E-state index is -0.462. The first-order valence-corrected chi connectivity index (χ1v) is 24.9. The Hall–Kier alpha value is -9.30. The SMILES string of the molecule is c1ccc(-c2ccc(-c3cccc(N(c4ccc(-c5cccc6c5-c5ccccc5C6(c5ccccc5)c5ccccc5)cc4)c4cccc(-c5ccc(-c6ccc7ccccc7c6)cc5)c4)c3)cc2)cc1. The molecule has 0 saturated carbocycles. The van der Waals surface area contributed by atoms with Gasteiger partial charge in [0.15, 0.2) is 0 Å². The average molecular weight is 916 g/mol. The summed E-state index contributed by atoms with van der Waals surface area (Å²) in [4.78, 5) is 2.40. The maximum atomic E-state index is 2.40. The normalized spacial score (nSPS) is 12.3. The lowest BCUT2D eigenvalue weighted by Crippen LogP contribution is -2.28. The van der Waals surface area contributed by atoms with Gasteiger partial charge in [0.1, 0.15) is 0 Å². The second-order valence-corrected chi connectivity index (χ2v) is 18.8. The van der Waals surface area contributed by atoms with Crippen LogP contribution in [0.2, 0.25) is 0 Å². The van der Waals surface area contributed by atoms with E-state index in [2.05, 4.69) is 302 Å². The summed E-state index contributed by atoms with van der Waals surface area (Å²) in [6, 6.07) is 109. The maximum Gasteiger partial charge on any atom is 0.0713 e. The van der Waals surface area contributed by atoms with E-state index in [9.17, 15) is 0 Å². The minimum absolute atomic E-state index is 0.462. The summed E-state index contributed by atoms with van der Waals surface area (Å²) in [5, 5.41) is 2.50. The van der Waals surface area contributed by atoms with E-state index in [0.29, 0.717) is 0 Å². The standard InChI is InChI=1S/C71H49N/c1-4-17-50(18-5-1)52-33-35-53(36-34-52)58-21-14-27-64(48-58)72(65-28-15-22-59(49-65)54-37-39-55(40-38-54)60-42-41-51-19-10-11-20-57(51)47-60)63-45-43-56(44-46-63)66-30-16-32-69-70(66)67-29-12-13-31-68(67)71(69,61-23-6-2-7-24-61)62-25-8-3-9-26-62/h1-49H. The Morgan fingerprint density at radius 1 is 0.222 bits per heavy atom. The number of hydrogen-bond acceptors (Lipinski definition) is 1. The molecule has 0 radical (unpaired) electrons. The third-order valence-corrected chi connectivity index (χ3v) is 14.8. The summed E-state index contributed by atoms with van der Waals surface area (Å²) in [6.07, 6.45) is 0. The molecular weight excluding hydrogens is 867 g/mol. The number of anilines is 3. The van der Waals surface area contributed by atoms with Crippen molar-refractivity contribution in [2.24, 2.45) is 0 Å². The zero-order valence-corrected chi connectivity index (χ0v) is 39.7. The largest absolute Gasteiger partial charge is 0.310 e. The second-order valence-electron chi connectivity index (χ2n) is 18.8. The molecule has 1 nitrogen and oxygen atoms in total. The number of fused-ring (bicyclic) bond motifs is 4. The summed E-state index contributed by atoms with van der Waals surface area (Å²) >= 11 is 0. The van der Waals surface area contributed by atoms with Gasteiger partial charge >= 0.3 is 0 Å². The van der Waals surface area contributed by atoms with Crippen molar-refractivity contribution in [3.63, 3.8) is 0 Å². The van der Waals surface area contributed by atoms with Crippen LogP contribution in [0.1, 0.15) is 22.3 Å². The Labute approximate surface area is 422 Å². The van der Waals surface area contributed by atoms with Gasteiger partial charge in [-0.2, -0.15) is 0 Å². The molecule has 13 rings (SSSR count). The van der Waals surface area contributed by atoms with E-state index in [0.717, 1.165) is 28.2 Å². The number of benzene rings is 12. The first kappa shape index (κ1) is 42.8. The molecule has 0 fully saturated rings. The molecule has 0 amide bonds. The van der Waals surface area contributed by atoms with E-state index in [1.165, 1.54) is 88.7 Å². The Bertz CT molecular complexity index is 3840. The van der Waals surface area contributed by atoms with Gasteiger partial charge < -0.3 is 4.90 Å². The third kappa shape index (κ3) is 7.51. The molecule has 0 aliphatic heterocycles. The van der Waals surface area contributed by atoms with E-state index in [4.69, 9.17) is 0 Å². The summed E-state index contributed by atoms with van der Waals surface area (Å²) in [5.41, 5.74) is 22.4. The van der Waals surface area contributed by atoms with E-state index in [1.807, 2.05) is 0 Å². The van der Waals surface area contributed by atoms with Crippen LogP contribution in [0.15, 0.2) is 297 Å². The van der Waals surface area contributed by atoms with Crippen LogP contribution in [-0.4, -0.2) is 0 Å². The van der Waals surface area contributed by atoms with Gasteiger partial charge in [-0.3, -0.25) is 0 Å². The predicted octanol–water partition coefficient (Wildman–Crippen LogP) is 19.0. The summed E-state index contributed by atoms with van der Waals surface area (Å²) in [6.45, 7) is 0. The molecule has 0 N–H and O–H groups in total. The average Bonchev–Trinajstić information content (AvgIpc) is 3.78. The van der Waals surface area contributed by atoms with E-state index >= 15 is 0 Å². The second kappa shape index (κ2) is 18.2. The van der Waals surface area contributed by atoms with Crippen LogP contribution in [0.25, 0.3) is 77.5 Å². The number of hydrogen-bond donors (Lipinski definition) is 0. The highest BCUT2D eigenvalue weighted by Gasteiger charge is 2.46. The van der Waals surface area contributed by atoms with Crippen LogP contribution in [0.3, 0.4) is 0 Å². The molecule has 0 atom stereocenters. The fourth-order valence-corrected chi connectivity index (χ4v) is 11.3. The van der Waals surface area contributed by atoms with Crippen LogP contribution in [-0.2, 0) is 5.41 Å². The first-order chi connectivity index (χ1) is 35.7. The van der Waals surface area contributed by atoms with Gasteiger partial charge in [0.05, 0.1) is 5.41 Å². The van der Waals surface area contributed by atoms with Crippen LogP contribution in [0.5, 0.6) is 0 Å². The van der Waals surface area contributed by atoms with Crippen LogP contribution >= 0.6 is 0 Å². The minimum Gasteiger partial charge on any atom is -0.310 e. The molecule has 12 aromatic carbocycles. The highest BCUT2D eigenvalue weighted by atomic mass is 15.1. The quantitative estimate of drug-likeness (QED) is 0.132. The van der Waals surface area contributed by atoms with Gasteiger partial charge in [0, 0.05) is 17.1 Å². The molecule has 1 aliphatic carbocycles. The Kier molecular flexibility index (Phi) is 10.8. The van der Waals surface area contributed by atoms with Gasteiger partial charge in [0.25, 0.3) is 0 Å². The summed E-state index contributed by atoms with van der Waals surface area (Å²) in [7, 11) is 0. The molecule has 0 saturated heterocycles. The molecule has 0 bridgehead atoms. The van der Waals surface area contributed by atoms with E-state index in [1.54, 1.807) is 0 Å². The van der Waals surface area contributed by atoms with Gasteiger partial charge in [-0.1, -0.05) is 255 Å². The van der Waals surface area contributed by atoms with E-state index in [-0.39, 0.29) is 0 Å². The Morgan fingerprint density at radius 2 is 0.625 bits per heavy atom. The lowest BCUT2D eigenvalue weighted by molar-refractivity contribution is 0.768. The van der Waals surface area contributed by atoms with Crippen molar-refractivity contribution in [1.82, 2.24) is 0 Å². The van der Waals surface area contributed by atoms with Crippen LogP contribution in [0, 0.1) is 0 Å². The topological polar surface area (TPSA) is 3.24 Å². The van der Waals surface area contributed by atoms with Gasteiger partial charge in [-0.25, -0.2) is 0 Å². The molecule has 0 spiro atoms. The molecule has 1 heteroatoms. The van der Waals surface area contributed by atoms with Gasteiger partial charge in [-0.05, 0) is 142 Å². The lowest BCUT2D eigenvalue weighted by Gasteiger charge is -2.34. The Balaban J connectivity index is 0.909. The van der Waals surface area contributed by atoms with E-state index < -0.39 is 5.41 Å². The monoisotopic (exact) mass is 915 g/mol. The Morgan fingerprint density at radius 3 is 1.22 bits per heavy atom. The van der Waals surface area contributed by atoms with Crippen molar-refractivity contribution in [3.8, 4) is 66.8 Å². The van der Waals surface area contributed by atoms with Gasteiger partial charge in [0.2, 0.25) is 0 Å². The molecule has 1 aliphatic rings. The molecule has 72 heavy (non-hydrogen) atoms. The summed E-state index contributed by atoms with van der Waals surface area (Å²) < 4.78 is 0. The molecule has 0 heterocycles. The zero-order valence-electron chi connectivity index (χ0n) is 39.7. The highest BCUT2D eigenvalue weighted by Crippen LogP contribution is 2.58. The van der Waals surface area contributed by atoms with Crippen molar-refractivity contribution >= 4 is 27.8 Å². The third-order valence-electron chi connectivity index (χ3n) is 14.8. The van der Waals surface area contributed by atoms with Crippen molar-refractivity contribution in [1.29, 1.82) is 0 Å². The number of rotatable bonds is 10. The highest BCUT2D eigenvalue weighted by molar-refractivity contribution is 5.96. The van der Waals surface area contributed by atoms with Gasteiger partial charge in [-0.15, -0.1) is 0 Å². The predicted molar refractivity (Wildman–Crippen MR) is 303 cm³/mol. The van der Waals surface area contributed by atoms with Crippen LogP contribution in [0.4, 0.5) is 17.1 Å². The van der Waals surface area contributed by atoms with Crippen molar-refractivity contribution < 1.29 is 0 Å². The molecule has 0 unspecified atom stereocenters. The fourth-order valence-electron chi connectivity index (χ4n) is 11.3. The zero-order chi connectivity index (χ0) is 47.8. The molecule has 12 aromatic rings. The lowest BCUT2D eigenvalue weighted by atomic mass is 9.67. The maximum absolute atomic E-state index is 2.40.